The maximum atomic E-state index is 10.0. The molecular formula is C19H18ClNO2S. The molecule has 3 aromatic rings. The first-order valence-corrected chi connectivity index (χ1v) is 8.96. The van der Waals surface area contributed by atoms with Gasteiger partial charge in [0.1, 0.15) is 12.4 Å². The summed E-state index contributed by atoms with van der Waals surface area (Å²) in [7, 11) is 0. The molecule has 1 unspecified atom stereocenters. The fourth-order valence-corrected chi connectivity index (χ4v) is 3.39. The molecule has 0 saturated carbocycles. The van der Waals surface area contributed by atoms with E-state index in [0.29, 0.717) is 6.42 Å². The van der Waals surface area contributed by atoms with Crippen molar-refractivity contribution in [3.63, 3.8) is 0 Å². The molecule has 0 aliphatic rings. The van der Waals surface area contributed by atoms with Gasteiger partial charge in [-0.15, -0.1) is 11.3 Å². The Morgan fingerprint density at radius 2 is 1.96 bits per heavy atom. The van der Waals surface area contributed by atoms with Crippen LogP contribution in [0.4, 0.5) is 0 Å². The van der Waals surface area contributed by atoms with Crippen LogP contribution in [0.15, 0.2) is 60.9 Å². The summed E-state index contributed by atoms with van der Waals surface area (Å²) in [5, 5.41) is 10.0. The summed E-state index contributed by atoms with van der Waals surface area (Å²) in [6.45, 7) is 0.282. The molecule has 0 saturated heterocycles. The average molecular weight is 360 g/mol. The lowest BCUT2D eigenvalue weighted by molar-refractivity contribution is 0.100. The monoisotopic (exact) mass is 359 g/mol. The van der Waals surface area contributed by atoms with Gasteiger partial charge in [-0.2, -0.15) is 0 Å². The zero-order chi connectivity index (χ0) is 16.8. The van der Waals surface area contributed by atoms with E-state index in [4.69, 9.17) is 16.3 Å². The molecule has 24 heavy (non-hydrogen) atoms. The van der Waals surface area contributed by atoms with Gasteiger partial charge >= 0.3 is 0 Å². The third-order valence-corrected chi connectivity index (χ3v) is 4.92. The second-order valence-corrected chi connectivity index (χ2v) is 7.21. The predicted octanol–water partition coefficient (Wildman–Crippen LogP) is 4.84. The summed E-state index contributed by atoms with van der Waals surface area (Å²) in [6, 6.07) is 15.6. The Morgan fingerprint density at radius 1 is 1.12 bits per heavy atom. The van der Waals surface area contributed by atoms with Crippen LogP contribution in [0.5, 0.6) is 5.75 Å². The second-order valence-electron chi connectivity index (χ2n) is 5.49. The van der Waals surface area contributed by atoms with Crippen molar-refractivity contribution in [3.8, 4) is 16.2 Å². The quantitative estimate of drug-likeness (QED) is 0.656. The lowest BCUT2D eigenvalue weighted by Gasteiger charge is -2.12. The lowest BCUT2D eigenvalue weighted by atomic mass is 10.1. The standard InChI is InChI=1S/C19H18ClNO2S/c20-19-10-9-18(24-19)15-4-7-17(8-5-15)23-13-16(22)6-3-14-2-1-11-21-12-14/h1-2,4-5,7-12,16,22H,3,6,13H2. The van der Waals surface area contributed by atoms with E-state index in [1.54, 1.807) is 17.5 Å². The molecule has 0 aliphatic carbocycles. The van der Waals surface area contributed by atoms with Crippen molar-refractivity contribution in [1.82, 2.24) is 4.98 Å². The SMILES string of the molecule is OC(CCc1cccnc1)COc1ccc(-c2ccc(Cl)s2)cc1. The van der Waals surface area contributed by atoms with Crippen LogP contribution in [-0.2, 0) is 6.42 Å². The van der Waals surface area contributed by atoms with E-state index >= 15 is 0 Å². The number of thiophene rings is 1. The first-order valence-electron chi connectivity index (χ1n) is 7.76. The summed E-state index contributed by atoms with van der Waals surface area (Å²) in [4.78, 5) is 5.20. The van der Waals surface area contributed by atoms with Gasteiger partial charge in [-0.05, 0) is 66.4 Å². The molecule has 3 nitrogen and oxygen atoms in total. The van der Waals surface area contributed by atoms with E-state index < -0.39 is 6.10 Å². The molecule has 0 bridgehead atoms. The molecule has 0 radical (unpaired) electrons. The van der Waals surface area contributed by atoms with Crippen LogP contribution in [-0.4, -0.2) is 22.8 Å². The van der Waals surface area contributed by atoms with E-state index in [1.807, 2.05) is 54.7 Å². The Morgan fingerprint density at radius 3 is 2.62 bits per heavy atom. The normalized spacial score (nSPS) is 12.1. The van der Waals surface area contributed by atoms with Crippen molar-refractivity contribution in [3.05, 3.63) is 70.8 Å². The first-order chi connectivity index (χ1) is 11.7. The van der Waals surface area contributed by atoms with E-state index in [0.717, 1.165) is 32.5 Å². The van der Waals surface area contributed by atoms with Gasteiger partial charge in [-0.3, -0.25) is 4.98 Å². The number of rotatable bonds is 7. The highest BCUT2D eigenvalue weighted by atomic mass is 35.5. The first kappa shape index (κ1) is 17.0. The number of pyridine rings is 1. The summed E-state index contributed by atoms with van der Waals surface area (Å²) in [6.07, 6.45) is 4.51. The number of benzene rings is 1. The molecule has 0 spiro atoms. The average Bonchev–Trinajstić information content (AvgIpc) is 3.06. The van der Waals surface area contributed by atoms with E-state index in [1.165, 1.54) is 0 Å². The summed E-state index contributed by atoms with van der Waals surface area (Å²) >= 11 is 7.51. The molecule has 1 atom stereocenters. The van der Waals surface area contributed by atoms with Gasteiger partial charge in [0, 0.05) is 17.3 Å². The third kappa shape index (κ3) is 4.81. The number of nitrogens with zero attached hydrogens (tertiary/aromatic N) is 1. The van der Waals surface area contributed by atoms with Gasteiger partial charge in [0.25, 0.3) is 0 Å². The summed E-state index contributed by atoms with van der Waals surface area (Å²) in [5.41, 5.74) is 2.23. The number of halogens is 1. The Kier molecular flexibility index (Phi) is 5.86. The fourth-order valence-electron chi connectivity index (χ4n) is 2.34. The summed E-state index contributed by atoms with van der Waals surface area (Å²) in [5.74, 6) is 0.752. The molecule has 5 heteroatoms. The molecule has 0 fully saturated rings. The van der Waals surface area contributed by atoms with Crippen LogP contribution < -0.4 is 4.74 Å². The van der Waals surface area contributed by atoms with E-state index in [-0.39, 0.29) is 6.61 Å². The van der Waals surface area contributed by atoms with Crippen molar-refractivity contribution in [2.75, 3.05) is 6.61 Å². The fraction of sp³-hybridized carbons (Fsp3) is 0.211. The minimum absolute atomic E-state index is 0.282. The Balaban J connectivity index is 1.47. The van der Waals surface area contributed by atoms with Gasteiger partial charge in [-0.25, -0.2) is 0 Å². The highest BCUT2D eigenvalue weighted by Crippen LogP contribution is 2.31. The Labute approximate surface area is 150 Å². The number of hydrogen-bond donors (Lipinski definition) is 1. The minimum Gasteiger partial charge on any atom is -0.491 e. The van der Waals surface area contributed by atoms with Crippen molar-refractivity contribution in [2.24, 2.45) is 0 Å². The smallest absolute Gasteiger partial charge is 0.119 e. The van der Waals surface area contributed by atoms with Crippen molar-refractivity contribution < 1.29 is 9.84 Å². The Hall–Kier alpha value is -1.88. The van der Waals surface area contributed by atoms with Crippen LogP contribution in [0.3, 0.4) is 0 Å². The number of aliphatic hydroxyl groups excluding tert-OH is 1. The van der Waals surface area contributed by atoms with Crippen molar-refractivity contribution in [2.45, 2.75) is 18.9 Å². The predicted molar refractivity (Wildman–Crippen MR) is 98.8 cm³/mol. The number of hydrogen-bond acceptors (Lipinski definition) is 4. The number of aryl methyl sites for hydroxylation is 1. The van der Waals surface area contributed by atoms with Crippen LogP contribution >= 0.6 is 22.9 Å². The summed E-state index contributed by atoms with van der Waals surface area (Å²) < 4.78 is 6.44. The lowest BCUT2D eigenvalue weighted by Crippen LogP contribution is -2.18. The molecule has 2 heterocycles. The molecular weight excluding hydrogens is 342 g/mol. The van der Waals surface area contributed by atoms with E-state index in [2.05, 4.69) is 4.98 Å². The molecule has 0 amide bonds. The highest BCUT2D eigenvalue weighted by Gasteiger charge is 2.07. The van der Waals surface area contributed by atoms with Gasteiger partial charge < -0.3 is 9.84 Å². The maximum absolute atomic E-state index is 10.0. The number of ether oxygens (including phenoxy) is 1. The molecule has 0 aliphatic heterocycles. The van der Waals surface area contributed by atoms with Crippen LogP contribution in [0.25, 0.3) is 10.4 Å². The largest absolute Gasteiger partial charge is 0.491 e. The Bertz CT molecular complexity index is 759. The molecule has 124 valence electrons. The molecule has 1 aromatic carbocycles. The maximum Gasteiger partial charge on any atom is 0.119 e. The van der Waals surface area contributed by atoms with Gasteiger partial charge in [0.05, 0.1) is 10.4 Å². The van der Waals surface area contributed by atoms with Crippen LogP contribution in [0, 0.1) is 0 Å². The topological polar surface area (TPSA) is 42.4 Å². The van der Waals surface area contributed by atoms with Crippen LogP contribution in [0.2, 0.25) is 4.34 Å². The van der Waals surface area contributed by atoms with Gasteiger partial charge in [-0.1, -0.05) is 17.7 Å². The number of aromatic nitrogens is 1. The van der Waals surface area contributed by atoms with E-state index in [9.17, 15) is 5.11 Å². The molecule has 3 rings (SSSR count). The van der Waals surface area contributed by atoms with Gasteiger partial charge in [0.2, 0.25) is 0 Å². The highest BCUT2D eigenvalue weighted by molar-refractivity contribution is 7.19. The molecule has 2 aromatic heterocycles. The van der Waals surface area contributed by atoms with Crippen molar-refractivity contribution in [1.29, 1.82) is 0 Å². The van der Waals surface area contributed by atoms with Crippen LogP contribution in [0.1, 0.15) is 12.0 Å². The molecule has 1 N–H and O–H groups in total. The van der Waals surface area contributed by atoms with Crippen molar-refractivity contribution >= 4 is 22.9 Å². The van der Waals surface area contributed by atoms with Gasteiger partial charge in [0.15, 0.2) is 0 Å². The zero-order valence-electron chi connectivity index (χ0n) is 13.1. The zero-order valence-corrected chi connectivity index (χ0v) is 14.6. The number of aliphatic hydroxyl groups is 1. The minimum atomic E-state index is -0.499. The third-order valence-electron chi connectivity index (χ3n) is 3.64. The second kappa shape index (κ2) is 8.29.